The molecule has 0 bridgehead atoms. The summed E-state index contributed by atoms with van der Waals surface area (Å²) in [6.07, 6.45) is 5.37. The highest BCUT2D eigenvalue weighted by atomic mass is 35.5. The molecule has 0 aliphatic carbocycles. The minimum Gasteiger partial charge on any atom is -0.352 e. The molecule has 0 saturated heterocycles. The van der Waals surface area contributed by atoms with Crippen molar-refractivity contribution in [2.75, 3.05) is 11.9 Å². The van der Waals surface area contributed by atoms with Crippen LogP contribution in [0.1, 0.15) is 48.3 Å². The second-order valence-electron chi connectivity index (χ2n) is 7.89. The first-order valence-corrected chi connectivity index (χ1v) is 11.3. The van der Waals surface area contributed by atoms with Crippen molar-refractivity contribution in [3.8, 4) is 11.4 Å². The molecule has 3 aromatic rings. The maximum atomic E-state index is 12.2. The average Bonchev–Trinajstić information content (AvgIpc) is 3.05. The maximum Gasteiger partial charge on any atom is 0.251 e. The number of hydrogen-bond donors (Lipinski definition) is 2. The maximum absolute atomic E-state index is 12.2. The Morgan fingerprint density at radius 2 is 1.75 bits per heavy atom. The van der Waals surface area contributed by atoms with Crippen molar-refractivity contribution in [3.05, 3.63) is 64.9 Å². The number of amides is 2. The van der Waals surface area contributed by atoms with Crippen molar-refractivity contribution in [1.82, 2.24) is 20.1 Å². The molecule has 0 saturated carbocycles. The van der Waals surface area contributed by atoms with Gasteiger partial charge in [0.1, 0.15) is 5.82 Å². The van der Waals surface area contributed by atoms with E-state index in [4.69, 9.17) is 11.6 Å². The molecule has 32 heavy (non-hydrogen) atoms. The Morgan fingerprint density at radius 1 is 0.969 bits per heavy atom. The third kappa shape index (κ3) is 5.53. The van der Waals surface area contributed by atoms with E-state index in [0.717, 1.165) is 48.7 Å². The van der Waals surface area contributed by atoms with Gasteiger partial charge in [0.05, 0.1) is 0 Å². The van der Waals surface area contributed by atoms with Crippen LogP contribution in [-0.2, 0) is 17.8 Å². The Kier molecular flexibility index (Phi) is 7.17. The number of rotatable bonds is 7. The monoisotopic (exact) mass is 451 g/mol. The summed E-state index contributed by atoms with van der Waals surface area (Å²) in [5.74, 6) is 1.67. The van der Waals surface area contributed by atoms with Crippen molar-refractivity contribution in [2.45, 2.75) is 45.1 Å². The molecule has 166 valence electrons. The number of anilines is 1. The van der Waals surface area contributed by atoms with E-state index in [1.807, 2.05) is 24.3 Å². The fraction of sp³-hybridized carbons (Fsp3) is 0.333. The molecule has 2 amide bonds. The topological polar surface area (TPSA) is 88.9 Å². The fourth-order valence-electron chi connectivity index (χ4n) is 3.78. The molecule has 0 spiro atoms. The highest BCUT2D eigenvalue weighted by Gasteiger charge is 2.16. The van der Waals surface area contributed by atoms with E-state index in [9.17, 15) is 9.59 Å². The van der Waals surface area contributed by atoms with Gasteiger partial charge in [0.15, 0.2) is 5.82 Å². The van der Waals surface area contributed by atoms with Crippen LogP contribution in [0.15, 0.2) is 48.5 Å². The average molecular weight is 452 g/mol. The fourth-order valence-corrected chi connectivity index (χ4v) is 3.90. The molecule has 2 N–H and O–H groups in total. The zero-order valence-electron chi connectivity index (χ0n) is 17.8. The lowest BCUT2D eigenvalue weighted by molar-refractivity contribution is -0.116. The Balaban J connectivity index is 1.24. The van der Waals surface area contributed by atoms with Gasteiger partial charge >= 0.3 is 0 Å². The zero-order chi connectivity index (χ0) is 22.3. The summed E-state index contributed by atoms with van der Waals surface area (Å²) >= 11 is 5.83. The van der Waals surface area contributed by atoms with Crippen molar-refractivity contribution >= 4 is 29.1 Å². The molecule has 1 aliphatic rings. The molecule has 2 heterocycles. The lowest BCUT2D eigenvalue weighted by atomic mass is 10.2. The lowest BCUT2D eigenvalue weighted by Gasteiger charge is -2.09. The van der Waals surface area contributed by atoms with Crippen molar-refractivity contribution < 1.29 is 9.59 Å². The summed E-state index contributed by atoms with van der Waals surface area (Å²) in [4.78, 5) is 24.3. The standard InChI is InChI=1S/C24H26ClN5O2/c25-19-11-7-18(8-12-19)24(32)26-15-4-6-22(31)27-20-13-9-17(10-14-20)23-29-28-21-5-2-1-3-16-30(21)23/h7-14H,1-6,15-16H2,(H,26,32)(H,27,31). The van der Waals surface area contributed by atoms with Crippen LogP contribution in [0, 0.1) is 0 Å². The molecular weight excluding hydrogens is 426 g/mol. The summed E-state index contributed by atoms with van der Waals surface area (Å²) in [5, 5.41) is 15.0. The molecular formula is C24H26ClN5O2. The normalized spacial score (nSPS) is 13.2. The number of halogens is 1. The van der Waals surface area contributed by atoms with Crippen LogP contribution >= 0.6 is 11.6 Å². The van der Waals surface area contributed by atoms with E-state index in [1.165, 1.54) is 6.42 Å². The first kappa shape index (κ1) is 22.0. The highest BCUT2D eigenvalue weighted by molar-refractivity contribution is 6.30. The van der Waals surface area contributed by atoms with Gasteiger partial charge in [-0.15, -0.1) is 10.2 Å². The number of fused-ring (bicyclic) bond motifs is 1. The first-order chi connectivity index (χ1) is 15.6. The predicted octanol–water partition coefficient (Wildman–Crippen LogP) is 4.47. The van der Waals surface area contributed by atoms with Crippen LogP contribution in [0.25, 0.3) is 11.4 Å². The van der Waals surface area contributed by atoms with Gasteiger partial charge in [0.25, 0.3) is 5.91 Å². The first-order valence-electron chi connectivity index (χ1n) is 11.0. The molecule has 0 fully saturated rings. The molecule has 0 atom stereocenters. The van der Waals surface area contributed by atoms with Gasteiger partial charge in [0, 0.05) is 47.8 Å². The summed E-state index contributed by atoms with van der Waals surface area (Å²) in [7, 11) is 0. The number of nitrogens with zero attached hydrogens (tertiary/aromatic N) is 3. The van der Waals surface area contributed by atoms with E-state index < -0.39 is 0 Å². The van der Waals surface area contributed by atoms with E-state index >= 15 is 0 Å². The molecule has 4 rings (SSSR count). The Labute approximate surface area is 192 Å². The Morgan fingerprint density at radius 3 is 2.53 bits per heavy atom. The van der Waals surface area contributed by atoms with Gasteiger partial charge in [-0.3, -0.25) is 9.59 Å². The highest BCUT2D eigenvalue weighted by Crippen LogP contribution is 2.24. The van der Waals surface area contributed by atoms with Crippen molar-refractivity contribution in [2.24, 2.45) is 0 Å². The van der Waals surface area contributed by atoms with Gasteiger partial charge in [-0.25, -0.2) is 0 Å². The molecule has 0 unspecified atom stereocenters. The van der Waals surface area contributed by atoms with Crippen LogP contribution in [0.4, 0.5) is 5.69 Å². The molecule has 8 heteroatoms. The third-order valence-corrected chi connectivity index (χ3v) is 5.76. The van der Waals surface area contributed by atoms with Gasteiger partial charge in [-0.05, 0) is 67.8 Å². The Hall–Kier alpha value is -3.19. The van der Waals surface area contributed by atoms with E-state index in [1.54, 1.807) is 24.3 Å². The SMILES string of the molecule is O=C(CCCNC(=O)c1ccc(Cl)cc1)Nc1ccc(-c2nnc3n2CCCCC3)cc1. The minimum atomic E-state index is -0.177. The number of hydrogen-bond acceptors (Lipinski definition) is 4. The molecule has 2 aromatic carbocycles. The van der Waals surface area contributed by atoms with Crippen LogP contribution in [-0.4, -0.2) is 33.1 Å². The number of aryl methyl sites for hydroxylation is 1. The summed E-state index contributed by atoms with van der Waals surface area (Å²) < 4.78 is 2.21. The van der Waals surface area contributed by atoms with E-state index in [0.29, 0.717) is 30.0 Å². The van der Waals surface area contributed by atoms with Crippen LogP contribution in [0.3, 0.4) is 0 Å². The van der Waals surface area contributed by atoms with Gasteiger partial charge in [-0.2, -0.15) is 0 Å². The van der Waals surface area contributed by atoms with Crippen molar-refractivity contribution in [1.29, 1.82) is 0 Å². The summed E-state index contributed by atoms with van der Waals surface area (Å²) in [5.41, 5.74) is 2.27. The van der Waals surface area contributed by atoms with Gasteiger partial charge < -0.3 is 15.2 Å². The lowest BCUT2D eigenvalue weighted by Crippen LogP contribution is -2.25. The number of carbonyl (C=O) groups excluding carboxylic acids is 2. The summed E-state index contributed by atoms with van der Waals surface area (Å²) in [6, 6.07) is 14.4. The molecule has 0 radical (unpaired) electrons. The van der Waals surface area contributed by atoms with Crippen LogP contribution in [0.5, 0.6) is 0 Å². The minimum absolute atomic E-state index is 0.0881. The third-order valence-electron chi connectivity index (χ3n) is 5.51. The molecule has 1 aromatic heterocycles. The van der Waals surface area contributed by atoms with Gasteiger partial charge in [0.2, 0.25) is 5.91 Å². The smallest absolute Gasteiger partial charge is 0.251 e. The second kappa shape index (κ2) is 10.4. The van der Waals surface area contributed by atoms with E-state index in [2.05, 4.69) is 25.4 Å². The molecule has 1 aliphatic heterocycles. The van der Waals surface area contributed by atoms with Gasteiger partial charge in [-0.1, -0.05) is 18.0 Å². The van der Waals surface area contributed by atoms with Crippen LogP contribution < -0.4 is 10.6 Å². The Bertz CT molecular complexity index is 1080. The van der Waals surface area contributed by atoms with Crippen molar-refractivity contribution in [3.63, 3.8) is 0 Å². The molecule has 7 nitrogen and oxygen atoms in total. The predicted molar refractivity (Wildman–Crippen MR) is 125 cm³/mol. The largest absolute Gasteiger partial charge is 0.352 e. The second-order valence-corrected chi connectivity index (χ2v) is 8.33. The number of benzene rings is 2. The van der Waals surface area contributed by atoms with Crippen LogP contribution in [0.2, 0.25) is 5.02 Å². The number of nitrogens with one attached hydrogen (secondary N) is 2. The number of aromatic nitrogens is 3. The summed E-state index contributed by atoms with van der Waals surface area (Å²) in [6.45, 7) is 1.37. The number of carbonyl (C=O) groups is 2. The van der Waals surface area contributed by atoms with E-state index in [-0.39, 0.29) is 11.8 Å². The zero-order valence-corrected chi connectivity index (χ0v) is 18.6. The quantitative estimate of drug-likeness (QED) is 0.518.